The van der Waals surface area contributed by atoms with Gasteiger partial charge in [-0.2, -0.15) is 5.26 Å². The van der Waals surface area contributed by atoms with Crippen molar-refractivity contribution in [2.45, 2.75) is 37.3 Å². The van der Waals surface area contributed by atoms with Crippen LogP contribution in [0, 0.1) is 17.2 Å². The maximum Gasteiger partial charge on any atom is 0.410 e. The first-order valence-electron chi connectivity index (χ1n) is 8.49. The lowest BCUT2D eigenvalue weighted by molar-refractivity contribution is -0.139. The van der Waals surface area contributed by atoms with Crippen LogP contribution in [-0.2, 0) is 11.3 Å². The second-order valence-corrected chi connectivity index (χ2v) is 7.28. The molecule has 6 nitrogen and oxygen atoms in total. The SMILES string of the molecule is CN1C[C@@]2(CCC(F)(F)[C@H](Cn3cnc4ccc(C#N)cc43)C2)OC1=O. The molecule has 1 aromatic carbocycles. The third kappa shape index (κ3) is 2.68. The van der Waals surface area contributed by atoms with E-state index in [9.17, 15) is 13.6 Å². The molecule has 1 saturated carbocycles. The van der Waals surface area contributed by atoms with Crippen LogP contribution in [0.2, 0.25) is 0 Å². The van der Waals surface area contributed by atoms with E-state index in [4.69, 9.17) is 10.00 Å². The van der Waals surface area contributed by atoms with Crippen LogP contribution in [0.4, 0.5) is 13.6 Å². The number of carbonyl (C=O) groups is 1. The number of halogens is 2. The first-order valence-corrected chi connectivity index (χ1v) is 8.49. The lowest BCUT2D eigenvalue weighted by Gasteiger charge is -2.40. The Morgan fingerprint density at radius 2 is 2.23 bits per heavy atom. The van der Waals surface area contributed by atoms with E-state index in [1.54, 1.807) is 29.8 Å². The third-order valence-electron chi connectivity index (χ3n) is 5.44. The zero-order chi connectivity index (χ0) is 18.5. The molecule has 0 unspecified atom stereocenters. The van der Waals surface area contributed by atoms with Gasteiger partial charge in [-0.1, -0.05) is 0 Å². The first kappa shape index (κ1) is 16.8. The van der Waals surface area contributed by atoms with Crippen molar-refractivity contribution in [2.24, 2.45) is 5.92 Å². The van der Waals surface area contributed by atoms with Crippen LogP contribution >= 0.6 is 0 Å². The summed E-state index contributed by atoms with van der Waals surface area (Å²) in [6.45, 7) is 0.392. The van der Waals surface area contributed by atoms with E-state index in [1.807, 2.05) is 0 Å². The second-order valence-electron chi connectivity index (χ2n) is 7.28. The van der Waals surface area contributed by atoms with Crippen LogP contribution in [0.5, 0.6) is 0 Å². The molecule has 8 heteroatoms. The van der Waals surface area contributed by atoms with Gasteiger partial charge in [0.05, 0.1) is 35.5 Å². The molecule has 2 aliphatic rings. The lowest BCUT2D eigenvalue weighted by Crippen LogP contribution is -2.48. The molecule has 1 amide bonds. The molecule has 1 spiro atoms. The van der Waals surface area contributed by atoms with Crippen molar-refractivity contribution < 1.29 is 18.3 Å². The van der Waals surface area contributed by atoms with Gasteiger partial charge in [-0.3, -0.25) is 0 Å². The summed E-state index contributed by atoms with van der Waals surface area (Å²) in [6, 6.07) is 7.07. The zero-order valence-corrected chi connectivity index (χ0v) is 14.3. The van der Waals surface area contributed by atoms with Gasteiger partial charge in [-0.25, -0.2) is 18.6 Å². The predicted octanol–water partition coefficient (Wildman–Crippen LogP) is 3.16. The number of alkyl halides is 2. The Labute approximate surface area is 149 Å². The maximum absolute atomic E-state index is 14.6. The summed E-state index contributed by atoms with van der Waals surface area (Å²) in [5.74, 6) is -3.82. The van der Waals surface area contributed by atoms with Gasteiger partial charge in [0.25, 0.3) is 5.92 Å². The fourth-order valence-corrected chi connectivity index (χ4v) is 4.03. The Kier molecular flexibility index (Phi) is 3.65. The van der Waals surface area contributed by atoms with Crippen LogP contribution in [-0.4, -0.2) is 45.7 Å². The van der Waals surface area contributed by atoms with E-state index >= 15 is 0 Å². The molecule has 2 aromatic rings. The minimum Gasteiger partial charge on any atom is -0.441 e. The summed E-state index contributed by atoms with van der Waals surface area (Å²) in [5.41, 5.74) is 0.925. The molecule has 1 saturated heterocycles. The third-order valence-corrected chi connectivity index (χ3v) is 5.44. The Morgan fingerprint density at radius 1 is 1.42 bits per heavy atom. The summed E-state index contributed by atoms with van der Waals surface area (Å²) in [7, 11) is 1.62. The Balaban J connectivity index is 1.63. The highest BCUT2D eigenvalue weighted by atomic mass is 19.3. The van der Waals surface area contributed by atoms with Crippen molar-refractivity contribution in [2.75, 3.05) is 13.6 Å². The number of rotatable bonds is 2. The average Bonchev–Trinajstić information content (AvgIpc) is 3.12. The fraction of sp³-hybridized carbons (Fsp3) is 0.500. The van der Waals surface area contributed by atoms with Gasteiger partial charge >= 0.3 is 6.09 Å². The van der Waals surface area contributed by atoms with Gasteiger partial charge in [0, 0.05) is 25.9 Å². The van der Waals surface area contributed by atoms with Crippen LogP contribution in [0.1, 0.15) is 24.8 Å². The van der Waals surface area contributed by atoms with Gasteiger partial charge in [-0.15, -0.1) is 0 Å². The highest BCUT2D eigenvalue weighted by Gasteiger charge is 2.55. The smallest absolute Gasteiger partial charge is 0.410 e. The molecule has 1 aromatic heterocycles. The number of fused-ring (bicyclic) bond motifs is 1. The number of nitrogens with zero attached hydrogens (tertiary/aromatic N) is 4. The van der Waals surface area contributed by atoms with E-state index in [0.717, 1.165) is 0 Å². The van der Waals surface area contributed by atoms with Crippen molar-refractivity contribution in [1.29, 1.82) is 5.26 Å². The maximum atomic E-state index is 14.6. The number of likely N-dealkylation sites (N-methyl/N-ethyl adjacent to an activating group) is 1. The van der Waals surface area contributed by atoms with Crippen LogP contribution in [0.25, 0.3) is 11.0 Å². The number of carbonyl (C=O) groups excluding carboxylic acids is 1. The van der Waals surface area contributed by atoms with Crippen LogP contribution in [0.3, 0.4) is 0 Å². The molecular formula is C18H18F2N4O2. The molecule has 26 heavy (non-hydrogen) atoms. The fourth-order valence-electron chi connectivity index (χ4n) is 4.03. The Bertz CT molecular complexity index is 920. The van der Waals surface area contributed by atoms with Crippen molar-refractivity contribution in [3.63, 3.8) is 0 Å². The van der Waals surface area contributed by atoms with Crippen molar-refractivity contribution >= 4 is 17.1 Å². The standard InChI is InChI=1S/C18H18F2N4O2/c1-23-10-17(26-16(23)25)4-5-18(19,20)13(7-17)9-24-11-22-14-3-2-12(8-21)6-15(14)24/h2-3,6,11,13H,4-5,7,9-10H2,1H3/t13-,17-/m0/s1. The highest BCUT2D eigenvalue weighted by molar-refractivity contribution is 5.77. The van der Waals surface area contributed by atoms with Gasteiger partial charge in [0.1, 0.15) is 5.60 Å². The molecule has 0 bridgehead atoms. The van der Waals surface area contributed by atoms with Crippen molar-refractivity contribution in [1.82, 2.24) is 14.5 Å². The molecular weight excluding hydrogens is 342 g/mol. The monoisotopic (exact) mass is 360 g/mol. The summed E-state index contributed by atoms with van der Waals surface area (Å²) >= 11 is 0. The van der Waals surface area contributed by atoms with Crippen molar-refractivity contribution in [3.8, 4) is 6.07 Å². The molecule has 2 fully saturated rings. The molecule has 136 valence electrons. The Hall–Kier alpha value is -2.69. The molecule has 2 heterocycles. The van der Waals surface area contributed by atoms with E-state index in [1.165, 1.54) is 11.2 Å². The second kappa shape index (κ2) is 5.66. The lowest BCUT2D eigenvalue weighted by atomic mass is 9.75. The first-order chi connectivity index (χ1) is 12.3. The van der Waals surface area contributed by atoms with E-state index < -0.39 is 23.5 Å². The number of hydrogen-bond donors (Lipinski definition) is 0. The van der Waals surface area contributed by atoms with E-state index in [-0.39, 0.29) is 25.8 Å². The molecule has 0 N–H and O–H groups in total. The van der Waals surface area contributed by atoms with Gasteiger partial charge in [0.15, 0.2) is 0 Å². The normalized spacial score (nSPS) is 27.7. The molecule has 0 radical (unpaired) electrons. The van der Waals surface area contributed by atoms with E-state index in [0.29, 0.717) is 23.1 Å². The number of ether oxygens (including phenoxy) is 1. The van der Waals surface area contributed by atoms with Gasteiger partial charge in [0.2, 0.25) is 0 Å². The molecule has 4 rings (SSSR count). The topological polar surface area (TPSA) is 71.2 Å². The summed E-state index contributed by atoms with van der Waals surface area (Å²) in [5, 5.41) is 9.07. The van der Waals surface area contributed by atoms with Gasteiger partial charge in [-0.05, 0) is 31.0 Å². The number of hydrogen-bond acceptors (Lipinski definition) is 4. The molecule has 2 atom stereocenters. The molecule has 1 aliphatic carbocycles. The van der Waals surface area contributed by atoms with E-state index in [2.05, 4.69) is 11.1 Å². The summed E-state index contributed by atoms with van der Waals surface area (Å²) in [4.78, 5) is 17.4. The quantitative estimate of drug-likeness (QED) is 0.825. The number of amides is 1. The number of imidazole rings is 1. The summed E-state index contributed by atoms with van der Waals surface area (Å²) < 4.78 is 36.3. The highest BCUT2D eigenvalue weighted by Crippen LogP contribution is 2.47. The average molecular weight is 360 g/mol. The van der Waals surface area contributed by atoms with Crippen LogP contribution in [0.15, 0.2) is 24.5 Å². The van der Waals surface area contributed by atoms with Crippen LogP contribution < -0.4 is 0 Å². The predicted molar refractivity (Wildman–Crippen MR) is 88.6 cm³/mol. The number of aromatic nitrogens is 2. The number of benzene rings is 1. The minimum absolute atomic E-state index is 0.0569. The molecule has 1 aliphatic heterocycles. The van der Waals surface area contributed by atoms with Gasteiger partial charge < -0.3 is 14.2 Å². The Morgan fingerprint density at radius 3 is 2.92 bits per heavy atom. The summed E-state index contributed by atoms with van der Waals surface area (Å²) in [6.07, 6.45) is 1.02. The largest absolute Gasteiger partial charge is 0.441 e. The number of nitriles is 1. The zero-order valence-electron chi connectivity index (χ0n) is 14.3. The minimum atomic E-state index is -2.84. The van der Waals surface area contributed by atoms with Crippen molar-refractivity contribution in [3.05, 3.63) is 30.1 Å².